The lowest BCUT2D eigenvalue weighted by atomic mass is 10.2. The molecule has 0 spiro atoms. The maximum absolute atomic E-state index is 12.2. The normalized spacial score (nSPS) is 13.5. The van der Waals surface area contributed by atoms with Crippen LogP contribution in [0, 0.1) is 0 Å². The van der Waals surface area contributed by atoms with Crippen LogP contribution >= 0.6 is 11.8 Å². The number of nitrogens with zero attached hydrogens (tertiary/aromatic N) is 1. The van der Waals surface area contributed by atoms with E-state index in [1.165, 1.54) is 0 Å². The number of nitrogens with one attached hydrogen (secondary N) is 1. The maximum Gasteiger partial charge on any atom is 0.233 e. The lowest BCUT2D eigenvalue weighted by Gasteiger charge is -2.17. The van der Waals surface area contributed by atoms with Crippen LogP contribution in [0.3, 0.4) is 0 Å². The third kappa shape index (κ3) is 4.10. The summed E-state index contributed by atoms with van der Waals surface area (Å²) in [6.07, 6.45) is 1.74. The zero-order valence-corrected chi connectivity index (χ0v) is 12.4. The molecule has 1 heterocycles. The third-order valence-corrected chi connectivity index (χ3v) is 4.03. The Bertz CT molecular complexity index is 545. The molecular formula is C16H18N2OS. The summed E-state index contributed by atoms with van der Waals surface area (Å²) in [6.45, 7) is 3.86. The average Bonchev–Trinajstić information content (AvgIpc) is 2.49. The van der Waals surface area contributed by atoms with Gasteiger partial charge in [-0.1, -0.05) is 24.3 Å². The van der Waals surface area contributed by atoms with E-state index in [9.17, 15) is 4.79 Å². The highest BCUT2D eigenvalue weighted by Crippen LogP contribution is 2.23. The molecule has 4 heteroatoms. The van der Waals surface area contributed by atoms with Gasteiger partial charge in [-0.3, -0.25) is 9.78 Å². The summed E-state index contributed by atoms with van der Waals surface area (Å²) >= 11 is 1.56. The standard InChI is InChI=1S/C16H18N2OS/c1-12(15-10-6-7-11-17-15)18-16(19)13(2)20-14-8-4-3-5-9-14/h3-13H,1-2H3,(H,18,19)/t12-,13+/m1/s1. The number of carbonyl (C=O) groups is 1. The molecule has 0 bridgehead atoms. The number of aromatic nitrogens is 1. The number of pyridine rings is 1. The van der Waals surface area contributed by atoms with E-state index in [0.29, 0.717) is 0 Å². The van der Waals surface area contributed by atoms with Crippen molar-refractivity contribution >= 4 is 17.7 Å². The Morgan fingerprint density at radius 1 is 1.10 bits per heavy atom. The molecule has 0 radical (unpaired) electrons. The molecule has 2 atom stereocenters. The van der Waals surface area contributed by atoms with Crippen LogP contribution in [-0.2, 0) is 4.79 Å². The fourth-order valence-corrected chi connectivity index (χ4v) is 2.69. The first-order chi connectivity index (χ1) is 9.66. The smallest absolute Gasteiger partial charge is 0.233 e. The minimum Gasteiger partial charge on any atom is -0.347 e. The van der Waals surface area contributed by atoms with Gasteiger partial charge in [-0.25, -0.2) is 0 Å². The molecule has 2 rings (SSSR count). The molecule has 1 amide bonds. The van der Waals surface area contributed by atoms with Crippen molar-refractivity contribution in [1.29, 1.82) is 0 Å². The fourth-order valence-electron chi connectivity index (χ4n) is 1.79. The third-order valence-electron chi connectivity index (χ3n) is 2.92. The van der Waals surface area contributed by atoms with E-state index in [0.717, 1.165) is 10.6 Å². The van der Waals surface area contributed by atoms with E-state index in [1.807, 2.05) is 62.4 Å². The molecule has 1 N–H and O–H groups in total. The molecule has 0 fully saturated rings. The molecule has 20 heavy (non-hydrogen) atoms. The highest BCUT2D eigenvalue weighted by Gasteiger charge is 2.17. The largest absolute Gasteiger partial charge is 0.347 e. The Morgan fingerprint density at radius 2 is 1.80 bits per heavy atom. The summed E-state index contributed by atoms with van der Waals surface area (Å²) in [5, 5.41) is 2.86. The SMILES string of the molecule is C[C@H](Sc1ccccc1)C(=O)N[C@H](C)c1ccccn1. The van der Waals surface area contributed by atoms with Gasteiger partial charge in [0, 0.05) is 11.1 Å². The van der Waals surface area contributed by atoms with Crippen LogP contribution < -0.4 is 5.32 Å². The fraction of sp³-hybridized carbons (Fsp3) is 0.250. The van der Waals surface area contributed by atoms with Crippen LogP contribution in [0.25, 0.3) is 0 Å². The van der Waals surface area contributed by atoms with Crippen molar-refractivity contribution in [3.05, 3.63) is 60.4 Å². The number of amides is 1. The lowest BCUT2D eigenvalue weighted by Crippen LogP contribution is -2.33. The average molecular weight is 286 g/mol. The summed E-state index contributed by atoms with van der Waals surface area (Å²) in [4.78, 5) is 17.5. The first-order valence-corrected chi connectivity index (χ1v) is 7.48. The van der Waals surface area contributed by atoms with E-state index in [-0.39, 0.29) is 17.2 Å². The zero-order valence-electron chi connectivity index (χ0n) is 11.6. The van der Waals surface area contributed by atoms with Crippen LogP contribution in [0.2, 0.25) is 0 Å². The van der Waals surface area contributed by atoms with Crippen LogP contribution in [0.15, 0.2) is 59.6 Å². The minimum absolute atomic E-state index is 0.0250. The van der Waals surface area contributed by atoms with E-state index < -0.39 is 0 Å². The Morgan fingerprint density at radius 3 is 2.45 bits per heavy atom. The maximum atomic E-state index is 12.2. The second-order valence-corrected chi connectivity index (χ2v) is 5.97. The Hall–Kier alpha value is -1.81. The summed E-state index contributed by atoms with van der Waals surface area (Å²) in [7, 11) is 0. The topological polar surface area (TPSA) is 42.0 Å². The predicted octanol–water partition coefficient (Wildman–Crippen LogP) is 3.44. The molecule has 0 aliphatic rings. The van der Waals surface area contributed by atoms with Crippen molar-refractivity contribution in [2.45, 2.75) is 30.0 Å². The van der Waals surface area contributed by atoms with Gasteiger partial charge in [0.25, 0.3) is 0 Å². The summed E-state index contributed by atoms with van der Waals surface area (Å²) in [5.74, 6) is 0.0250. The van der Waals surface area contributed by atoms with Crippen molar-refractivity contribution < 1.29 is 4.79 Å². The van der Waals surface area contributed by atoms with Crippen molar-refractivity contribution in [3.63, 3.8) is 0 Å². The number of hydrogen-bond donors (Lipinski definition) is 1. The summed E-state index contributed by atoms with van der Waals surface area (Å²) in [5.41, 5.74) is 0.873. The molecule has 0 saturated carbocycles. The van der Waals surface area contributed by atoms with E-state index in [4.69, 9.17) is 0 Å². The Balaban J connectivity index is 1.91. The van der Waals surface area contributed by atoms with Crippen LogP contribution in [0.5, 0.6) is 0 Å². The van der Waals surface area contributed by atoms with Crippen molar-refractivity contribution in [2.75, 3.05) is 0 Å². The Labute approximate surface area is 123 Å². The highest BCUT2D eigenvalue weighted by molar-refractivity contribution is 8.00. The van der Waals surface area contributed by atoms with Gasteiger partial charge in [-0.05, 0) is 38.1 Å². The number of hydrogen-bond acceptors (Lipinski definition) is 3. The quantitative estimate of drug-likeness (QED) is 0.856. The van der Waals surface area contributed by atoms with Gasteiger partial charge in [0.2, 0.25) is 5.91 Å². The van der Waals surface area contributed by atoms with Crippen molar-refractivity contribution in [2.24, 2.45) is 0 Å². The molecule has 104 valence electrons. The van der Waals surface area contributed by atoms with Gasteiger partial charge in [0.15, 0.2) is 0 Å². The summed E-state index contributed by atoms with van der Waals surface area (Å²) in [6, 6.07) is 15.6. The Kier molecular flexibility index (Phi) is 5.18. The van der Waals surface area contributed by atoms with E-state index in [1.54, 1.807) is 18.0 Å². The first-order valence-electron chi connectivity index (χ1n) is 6.60. The second kappa shape index (κ2) is 7.10. The molecule has 1 aromatic heterocycles. The summed E-state index contributed by atoms with van der Waals surface area (Å²) < 4.78 is 0. The first kappa shape index (κ1) is 14.6. The van der Waals surface area contributed by atoms with Crippen molar-refractivity contribution in [1.82, 2.24) is 10.3 Å². The van der Waals surface area contributed by atoms with Gasteiger partial charge in [-0.2, -0.15) is 0 Å². The molecule has 0 aliphatic carbocycles. The number of thioether (sulfide) groups is 1. The number of carbonyl (C=O) groups excluding carboxylic acids is 1. The number of benzene rings is 1. The minimum atomic E-state index is -0.136. The van der Waals surface area contributed by atoms with Crippen LogP contribution in [0.4, 0.5) is 0 Å². The molecular weight excluding hydrogens is 268 g/mol. The van der Waals surface area contributed by atoms with Crippen LogP contribution in [0.1, 0.15) is 25.6 Å². The highest BCUT2D eigenvalue weighted by atomic mass is 32.2. The second-order valence-electron chi connectivity index (χ2n) is 4.56. The van der Waals surface area contributed by atoms with Crippen molar-refractivity contribution in [3.8, 4) is 0 Å². The van der Waals surface area contributed by atoms with Gasteiger partial charge < -0.3 is 5.32 Å². The lowest BCUT2D eigenvalue weighted by molar-refractivity contribution is -0.120. The molecule has 0 saturated heterocycles. The molecule has 3 nitrogen and oxygen atoms in total. The zero-order chi connectivity index (χ0) is 14.4. The predicted molar refractivity (Wildman–Crippen MR) is 82.6 cm³/mol. The monoisotopic (exact) mass is 286 g/mol. The molecule has 0 unspecified atom stereocenters. The van der Waals surface area contributed by atoms with Crippen LogP contribution in [-0.4, -0.2) is 16.1 Å². The van der Waals surface area contributed by atoms with E-state index >= 15 is 0 Å². The molecule has 1 aromatic carbocycles. The van der Waals surface area contributed by atoms with Gasteiger partial charge in [-0.15, -0.1) is 11.8 Å². The molecule has 0 aliphatic heterocycles. The number of rotatable bonds is 5. The van der Waals surface area contributed by atoms with E-state index in [2.05, 4.69) is 10.3 Å². The van der Waals surface area contributed by atoms with Gasteiger partial charge in [0.05, 0.1) is 17.0 Å². The molecule has 2 aromatic rings. The van der Waals surface area contributed by atoms with Gasteiger partial charge in [0.1, 0.15) is 0 Å². The van der Waals surface area contributed by atoms with Gasteiger partial charge >= 0.3 is 0 Å².